The van der Waals surface area contributed by atoms with E-state index in [1.165, 1.54) is 0 Å². The first kappa shape index (κ1) is 13.6. The van der Waals surface area contributed by atoms with E-state index in [4.69, 9.17) is 34.8 Å². The Labute approximate surface area is 110 Å². The van der Waals surface area contributed by atoms with E-state index in [2.05, 4.69) is 5.32 Å². The van der Waals surface area contributed by atoms with E-state index in [9.17, 15) is 4.79 Å². The van der Waals surface area contributed by atoms with Crippen LogP contribution in [0.3, 0.4) is 0 Å². The number of nitrogens with one attached hydrogen (secondary N) is 1. The van der Waals surface area contributed by atoms with Crippen molar-refractivity contribution in [3.63, 3.8) is 0 Å². The van der Waals surface area contributed by atoms with Crippen LogP contribution >= 0.6 is 34.8 Å². The summed E-state index contributed by atoms with van der Waals surface area (Å²) in [4.78, 5) is 11.5. The second kappa shape index (κ2) is 4.82. The molecule has 16 heavy (non-hydrogen) atoms. The molecule has 1 N–H and O–H groups in total. The lowest BCUT2D eigenvalue weighted by Crippen LogP contribution is -2.46. The molecule has 88 valence electrons. The van der Waals surface area contributed by atoms with Crippen LogP contribution in [0.5, 0.6) is 0 Å². The Morgan fingerprint density at radius 1 is 1.12 bits per heavy atom. The first-order valence-electron chi connectivity index (χ1n) is 4.68. The van der Waals surface area contributed by atoms with Gasteiger partial charge in [0, 0.05) is 0 Å². The van der Waals surface area contributed by atoms with E-state index >= 15 is 0 Å². The highest BCUT2D eigenvalue weighted by atomic mass is 35.6. The fraction of sp³-hybridized carbons (Fsp3) is 0.364. The summed E-state index contributed by atoms with van der Waals surface area (Å²) in [5.41, 5.74) is 0.361. The molecular weight excluding hydrogens is 268 g/mol. The predicted molar refractivity (Wildman–Crippen MR) is 67.9 cm³/mol. The third kappa shape index (κ3) is 3.55. The smallest absolute Gasteiger partial charge is 0.272 e. The van der Waals surface area contributed by atoms with Crippen molar-refractivity contribution in [3.05, 3.63) is 35.9 Å². The molecule has 2 nitrogen and oxygen atoms in total. The van der Waals surface area contributed by atoms with Crippen LogP contribution in [0, 0.1) is 0 Å². The molecule has 0 fully saturated rings. The molecule has 1 aromatic rings. The van der Waals surface area contributed by atoms with E-state index in [0.717, 1.165) is 5.56 Å². The van der Waals surface area contributed by atoms with Crippen molar-refractivity contribution in [3.8, 4) is 0 Å². The summed E-state index contributed by atoms with van der Waals surface area (Å²) in [6.45, 7) is 3.69. The standard InChI is InChI=1S/C11H12Cl3NO/c1-10(2,8-6-4-3-5-7-8)15-9(16)11(12,13)14/h3-7H,1-2H3,(H,15,16). The Morgan fingerprint density at radius 2 is 1.62 bits per heavy atom. The highest BCUT2D eigenvalue weighted by Crippen LogP contribution is 2.28. The molecule has 0 aliphatic carbocycles. The molecule has 0 bridgehead atoms. The number of halogens is 3. The van der Waals surface area contributed by atoms with Crippen molar-refractivity contribution in [1.82, 2.24) is 5.32 Å². The van der Waals surface area contributed by atoms with Gasteiger partial charge in [0.1, 0.15) is 0 Å². The molecule has 0 spiro atoms. The minimum atomic E-state index is -1.94. The molecule has 0 aliphatic rings. The van der Waals surface area contributed by atoms with Gasteiger partial charge in [-0.15, -0.1) is 0 Å². The van der Waals surface area contributed by atoms with Crippen LogP contribution in [0.4, 0.5) is 0 Å². The van der Waals surface area contributed by atoms with Crippen molar-refractivity contribution in [2.24, 2.45) is 0 Å². The summed E-state index contributed by atoms with van der Waals surface area (Å²) in [6, 6.07) is 9.48. The minimum Gasteiger partial charge on any atom is -0.343 e. The zero-order valence-corrected chi connectivity index (χ0v) is 11.2. The molecular formula is C11H12Cl3NO. The average Bonchev–Trinajstić information content (AvgIpc) is 2.17. The Hall–Kier alpha value is -0.440. The second-order valence-electron chi connectivity index (χ2n) is 3.94. The van der Waals surface area contributed by atoms with Gasteiger partial charge in [-0.25, -0.2) is 0 Å². The van der Waals surface area contributed by atoms with Crippen LogP contribution in [-0.2, 0) is 10.3 Å². The van der Waals surface area contributed by atoms with E-state index < -0.39 is 15.2 Å². The van der Waals surface area contributed by atoms with Crippen LogP contribution in [0.2, 0.25) is 0 Å². The number of benzene rings is 1. The van der Waals surface area contributed by atoms with E-state index in [1.54, 1.807) is 0 Å². The lowest BCUT2D eigenvalue weighted by atomic mass is 9.94. The van der Waals surface area contributed by atoms with Crippen LogP contribution in [-0.4, -0.2) is 9.70 Å². The largest absolute Gasteiger partial charge is 0.343 e. The number of hydrogen-bond acceptors (Lipinski definition) is 1. The quantitative estimate of drug-likeness (QED) is 0.827. The summed E-state index contributed by atoms with van der Waals surface area (Å²) in [5.74, 6) is -0.633. The maximum atomic E-state index is 11.5. The summed E-state index contributed by atoms with van der Waals surface area (Å²) in [7, 11) is 0. The van der Waals surface area contributed by atoms with Crippen LogP contribution in [0.25, 0.3) is 0 Å². The molecule has 0 saturated heterocycles. The third-order valence-electron chi connectivity index (χ3n) is 2.18. The maximum absolute atomic E-state index is 11.5. The first-order chi connectivity index (χ1) is 7.23. The summed E-state index contributed by atoms with van der Waals surface area (Å²) < 4.78 is -1.94. The Kier molecular flexibility index (Phi) is 4.11. The number of rotatable bonds is 2. The first-order valence-corrected chi connectivity index (χ1v) is 5.82. The second-order valence-corrected chi connectivity index (χ2v) is 6.22. The predicted octanol–water partition coefficient (Wildman–Crippen LogP) is 3.41. The SMILES string of the molecule is CC(C)(NC(=O)C(Cl)(Cl)Cl)c1ccccc1. The maximum Gasteiger partial charge on any atom is 0.272 e. The van der Waals surface area contributed by atoms with Gasteiger partial charge < -0.3 is 5.32 Å². The van der Waals surface area contributed by atoms with E-state index in [0.29, 0.717) is 0 Å². The zero-order valence-electron chi connectivity index (χ0n) is 8.93. The Bertz CT molecular complexity index is 371. The van der Waals surface area contributed by atoms with Crippen LogP contribution in [0.1, 0.15) is 19.4 Å². The number of alkyl halides is 3. The summed E-state index contributed by atoms with van der Waals surface area (Å²) >= 11 is 16.5. The molecule has 0 unspecified atom stereocenters. The van der Waals surface area contributed by atoms with Gasteiger partial charge in [0.15, 0.2) is 0 Å². The molecule has 1 aromatic carbocycles. The number of hydrogen-bond donors (Lipinski definition) is 1. The molecule has 0 atom stereocenters. The van der Waals surface area contributed by atoms with Crippen LogP contribution < -0.4 is 5.32 Å². The average molecular weight is 281 g/mol. The molecule has 1 amide bonds. The van der Waals surface area contributed by atoms with Gasteiger partial charge in [0.2, 0.25) is 0 Å². The molecule has 5 heteroatoms. The minimum absolute atomic E-state index is 0.581. The van der Waals surface area contributed by atoms with Crippen molar-refractivity contribution >= 4 is 40.7 Å². The topological polar surface area (TPSA) is 29.1 Å². The molecule has 0 aromatic heterocycles. The van der Waals surface area contributed by atoms with Crippen LogP contribution in [0.15, 0.2) is 30.3 Å². The number of carbonyl (C=O) groups excluding carboxylic acids is 1. The molecule has 0 radical (unpaired) electrons. The van der Waals surface area contributed by atoms with Gasteiger partial charge in [-0.2, -0.15) is 0 Å². The zero-order chi connectivity index (χ0) is 12.4. The van der Waals surface area contributed by atoms with Gasteiger partial charge >= 0.3 is 0 Å². The van der Waals surface area contributed by atoms with Gasteiger partial charge in [0.25, 0.3) is 9.70 Å². The molecule has 0 saturated carbocycles. The highest BCUT2D eigenvalue weighted by Gasteiger charge is 2.35. The molecule has 1 rings (SSSR count). The lowest BCUT2D eigenvalue weighted by molar-refractivity contribution is -0.121. The van der Waals surface area contributed by atoms with Gasteiger partial charge in [-0.3, -0.25) is 4.79 Å². The van der Waals surface area contributed by atoms with Crippen molar-refractivity contribution < 1.29 is 4.79 Å². The number of amides is 1. The fourth-order valence-electron chi connectivity index (χ4n) is 1.28. The van der Waals surface area contributed by atoms with Crippen molar-refractivity contribution in [2.45, 2.75) is 23.2 Å². The fourth-order valence-corrected chi connectivity index (χ4v) is 1.42. The molecule has 0 aliphatic heterocycles. The normalized spacial score (nSPS) is 12.3. The van der Waals surface area contributed by atoms with Gasteiger partial charge in [-0.05, 0) is 19.4 Å². The monoisotopic (exact) mass is 279 g/mol. The van der Waals surface area contributed by atoms with Gasteiger partial charge in [-0.1, -0.05) is 65.1 Å². The van der Waals surface area contributed by atoms with Crippen molar-refractivity contribution in [1.29, 1.82) is 0 Å². The lowest BCUT2D eigenvalue weighted by Gasteiger charge is -2.28. The number of carbonyl (C=O) groups is 1. The summed E-state index contributed by atoms with van der Waals surface area (Å²) in [5, 5.41) is 2.68. The third-order valence-corrected chi connectivity index (χ3v) is 2.69. The summed E-state index contributed by atoms with van der Waals surface area (Å²) in [6.07, 6.45) is 0. The van der Waals surface area contributed by atoms with Gasteiger partial charge in [0.05, 0.1) is 5.54 Å². The van der Waals surface area contributed by atoms with E-state index in [1.807, 2.05) is 44.2 Å². The Balaban J connectivity index is 2.85. The van der Waals surface area contributed by atoms with E-state index in [-0.39, 0.29) is 0 Å². The Morgan fingerprint density at radius 3 is 2.06 bits per heavy atom. The highest BCUT2D eigenvalue weighted by molar-refractivity contribution is 6.76. The van der Waals surface area contributed by atoms with Crippen molar-refractivity contribution in [2.75, 3.05) is 0 Å². The molecule has 0 heterocycles.